The van der Waals surface area contributed by atoms with Crippen molar-refractivity contribution in [2.45, 2.75) is 50.7 Å². The number of para-hydroxylation sites is 1. The summed E-state index contributed by atoms with van der Waals surface area (Å²) in [5, 5.41) is 0. The first-order chi connectivity index (χ1) is 17.3. The van der Waals surface area contributed by atoms with E-state index in [-0.39, 0.29) is 18.6 Å². The predicted octanol–water partition coefficient (Wildman–Crippen LogP) is 7.39. The third kappa shape index (κ3) is 11.2. The molecule has 214 valence electrons. The van der Waals surface area contributed by atoms with Gasteiger partial charge in [-0.15, -0.1) is 31.2 Å². The second-order valence-corrected chi connectivity index (χ2v) is 7.68. The smallest absolute Gasteiger partial charge is 0.491 e. The van der Waals surface area contributed by atoms with Crippen LogP contribution in [-0.2, 0) is 17.6 Å². The van der Waals surface area contributed by atoms with E-state index < -0.39 is 61.7 Å². The van der Waals surface area contributed by atoms with Gasteiger partial charge < -0.3 is 9.47 Å². The Labute approximate surface area is 207 Å². The SMILES string of the molecule is FC(F)(F)Oc1cccc(CCc2ccccc2OCC(CCN(C(F)(F)F)C(F)(F)F)OC(F)(F)F)c1. The molecule has 0 heterocycles. The van der Waals surface area contributed by atoms with Crippen molar-refractivity contribution < 1.29 is 66.9 Å². The van der Waals surface area contributed by atoms with Crippen molar-refractivity contribution in [3.63, 3.8) is 0 Å². The fourth-order valence-corrected chi connectivity index (χ4v) is 3.25. The van der Waals surface area contributed by atoms with Crippen LogP contribution >= 0.6 is 0 Å². The third-order valence-corrected chi connectivity index (χ3v) is 4.80. The zero-order valence-electron chi connectivity index (χ0n) is 18.9. The molecule has 0 saturated carbocycles. The van der Waals surface area contributed by atoms with Gasteiger partial charge in [-0.3, -0.25) is 4.74 Å². The van der Waals surface area contributed by atoms with E-state index in [4.69, 9.17) is 4.74 Å². The summed E-state index contributed by atoms with van der Waals surface area (Å²) in [6, 6.07) is 10.7. The van der Waals surface area contributed by atoms with Gasteiger partial charge in [0.05, 0.1) is 0 Å². The molecule has 0 N–H and O–H groups in total. The van der Waals surface area contributed by atoms with Crippen LogP contribution in [0.4, 0.5) is 52.7 Å². The lowest BCUT2D eigenvalue weighted by molar-refractivity contribution is -0.377. The first-order valence-electron chi connectivity index (χ1n) is 10.5. The van der Waals surface area contributed by atoms with Gasteiger partial charge in [0.1, 0.15) is 24.2 Å². The number of nitrogens with zero attached hydrogens (tertiary/aromatic N) is 1. The van der Waals surface area contributed by atoms with Crippen LogP contribution in [0.1, 0.15) is 17.5 Å². The molecule has 0 saturated heterocycles. The Kier molecular flexibility index (Phi) is 10.2. The molecule has 0 radical (unpaired) electrons. The molecule has 0 amide bonds. The first kappa shape index (κ1) is 31.3. The summed E-state index contributed by atoms with van der Waals surface area (Å²) >= 11 is 0. The second-order valence-electron chi connectivity index (χ2n) is 7.68. The van der Waals surface area contributed by atoms with Crippen LogP contribution in [0.2, 0.25) is 0 Å². The van der Waals surface area contributed by atoms with Gasteiger partial charge in [-0.1, -0.05) is 30.3 Å². The van der Waals surface area contributed by atoms with Crippen LogP contribution in [0, 0.1) is 0 Å². The van der Waals surface area contributed by atoms with E-state index >= 15 is 0 Å². The van der Waals surface area contributed by atoms with Gasteiger partial charge in [0, 0.05) is 6.54 Å². The Morgan fingerprint density at radius 2 is 1.34 bits per heavy atom. The Morgan fingerprint density at radius 1 is 0.711 bits per heavy atom. The maximum Gasteiger partial charge on any atom is 0.573 e. The highest BCUT2D eigenvalue weighted by atomic mass is 19.4. The average Bonchev–Trinajstić information content (AvgIpc) is 2.73. The molecule has 0 spiro atoms. The molecule has 2 rings (SSSR count). The van der Waals surface area contributed by atoms with Crippen molar-refractivity contribution in [3.8, 4) is 11.5 Å². The summed E-state index contributed by atoms with van der Waals surface area (Å²) in [6.07, 6.45) is -25.4. The highest BCUT2D eigenvalue weighted by molar-refractivity contribution is 5.35. The molecular formula is C22H19F12NO3. The molecule has 0 aromatic heterocycles. The average molecular weight is 573 g/mol. The van der Waals surface area contributed by atoms with Crippen LogP contribution < -0.4 is 9.47 Å². The lowest BCUT2D eigenvalue weighted by atomic mass is 10.0. The second kappa shape index (κ2) is 12.3. The minimum absolute atomic E-state index is 0.0468. The Balaban J connectivity index is 2.10. The van der Waals surface area contributed by atoms with E-state index in [0.29, 0.717) is 11.1 Å². The van der Waals surface area contributed by atoms with Gasteiger partial charge in [-0.05, 0) is 48.6 Å². The molecule has 0 aliphatic rings. The minimum atomic E-state index is -5.89. The van der Waals surface area contributed by atoms with Crippen LogP contribution in [-0.4, -0.2) is 49.5 Å². The van der Waals surface area contributed by atoms with Crippen LogP contribution in [0.3, 0.4) is 0 Å². The van der Waals surface area contributed by atoms with Gasteiger partial charge >= 0.3 is 25.3 Å². The number of rotatable bonds is 11. The zero-order chi connectivity index (χ0) is 28.8. The number of alkyl halides is 12. The molecular weight excluding hydrogens is 554 g/mol. The highest BCUT2D eigenvalue weighted by Gasteiger charge is 2.53. The van der Waals surface area contributed by atoms with Gasteiger partial charge in [-0.25, -0.2) is 0 Å². The maximum atomic E-state index is 12.7. The summed E-state index contributed by atoms with van der Waals surface area (Å²) in [5.41, 5.74) is 0.756. The Morgan fingerprint density at radius 3 is 1.92 bits per heavy atom. The van der Waals surface area contributed by atoms with Crippen LogP contribution in [0.5, 0.6) is 11.5 Å². The van der Waals surface area contributed by atoms with E-state index in [1.165, 1.54) is 36.4 Å². The van der Waals surface area contributed by atoms with Crippen molar-refractivity contribution in [2.24, 2.45) is 0 Å². The molecule has 4 nitrogen and oxygen atoms in total. The van der Waals surface area contributed by atoms with Gasteiger partial charge in [0.2, 0.25) is 0 Å². The summed E-state index contributed by atoms with van der Waals surface area (Å²) in [4.78, 5) is -1.88. The molecule has 0 aliphatic carbocycles. The molecule has 16 heteroatoms. The van der Waals surface area contributed by atoms with Crippen molar-refractivity contribution in [2.75, 3.05) is 13.2 Å². The molecule has 2 aromatic rings. The topological polar surface area (TPSA) is 30.9 Å². The summed E-state index contributed by atoms with van der Waals surface area (Å²) in [6.45, 7) is -2.93. The molecule has 2 aromatic carbocycles. The number of halogens is 12. The van der Waals surface area contributed by atoms with Crippen molar-refractivity contribution >= 4 is 0 Å². The Hall–Kier alpha value is -2.88. The van der Waals surface area contributed by atoms with Crippen molar-refractivity contribution in [1.82, 2.24) is 4.90 Å². The van der Waals surface area contributed by atoms with Crippen molar-refractivity contribution in [1.29, 1.82) is 0 Å². The zero-order valence-corrected chi connectivity index (χ0v) is 18.9. The molecule has 1 atom stereocenters. The van der Waals surface area contributed by atoms with E-state index in [9.17, 15) is 52.7 Å². The highest BCUT2D eigenvalue weighted by Crippen LogP contribution is 2.34. The fraction of sp³-hybridized carbons (Fsp3) is 0.455. The molecule has 38 heavy (non-hydrogen) atoms. The summed E-state index contributed by atoms with van der Waals surface area (Å²) < 4.78 is 164. The van der Waals surface area contributed by atoms with Gasteiger partial charge in [0.15, 0.2) is 0 Å². The molecule has 1 unspecified atom stereocenters. The third-order valence-electron chi connectivity index (χ3n) is 4.80. The predicted molar refractivity (Wildman–Crippen MR) is 107 cm³/mol. The Bertz CT molecular complexity index is 1000. The van der Waals surface area contributed by atoms with E-state index in [2.05, 4.69) is 9.47 Å². The number of hydrogen-bond acceptors (Lipinski definition) is 4. The summed E-state index contributed by atoms with van der Waals surface area (Å²) in [5.74, 6) is -0.520. The van der Waals surface area contributed by atoms with Crippen LogP contribution in [0.25, 0.3) is 0 Å². The molecule has 0 aliphatic heterocycles. The number of hydrogen-bond donors (Lipinski definition) is 0. The molecule has 0 fully saturated rings. The van der Waals surface area contributed by atoms with E-state index in [1.54, 1.807) is 0 Å². The normalized spacial score (nSPS) is 14.0. The van der Waals surface area contributed by atoms with E-state index in [1.807, 2.05) is 0 Å². The monoisotopic (exact) mass is 573 g/mol. The first-order valence-corrected chi connectivity index (χ1v) is 10.5. The minimum Gasteiger partial charge on any atom is -0.491 e. The molecule has 0 bridgehead atoms. The van der Waals surface area contributed by atoms with Crippen molar-refractivity contribution in [3.05, 3.63) is 59.7 Å². The number of ether oxygens (including phenoxy) is 3. The largest absolute Gasteiger partial charge is 0.573 e. The van der Waals surface area contributed by atoms with Crippen LogP contribution in [0.15, 0.2) is 48.5 Å². The standard InChI is InChI=1S/C22H19F12NO3/c23-19(24,25)35(20(26,27)28)11-10-17(38-22(32,33)34)13-36-18-7-2-1-5-15(18)9-8-14-4-3-6-16(12-14)37-21(29,30)31/h1-7,12,17H,8-11,13H2. The number of aryl methyl sites for hydroxylation is 2. The maximum absolute atomic E-state index is 12.7. The van der Waals surface area contributed by atoms with Gasteiger partial charge in [-0.2, -0.15) is 26.3 Å². The quantitative estimate of drug-likeness (QED) is 0.207. The van der Waals surface area contributed by atoms with E-state index in [0.717, 1.165) is 12.1 Å². The van der Waals surface area contributed by atoms with Gasteiger partial charge in [0.25, 0.3) is 0 Å². The lowest BCUT2D eigenvalue weighted by Crippen LogP contribution is -2.49. The number of benzene rings is 2. The summed E-state index contributed by atoms with van der Waals surface area (Å²) in [7, 11) is 0. The lowest BCUT2D eigenvalue weighted by Gasteiger charge is -2.28. The fourth-order valence-electron chi connectivity index (χ4n) is 3.25.